The maximum Gasteiger partial charge on any atom is 0.337 e. The Morgan fingerprint density at radius 1 is 1.12 bits per heavy atom. The molecule has 25 heavy (non-hydrogen) atoms. The molecule has 0 spiro atoms. The second kappa shape index (κ2) is 7.93. The largest absolute Gasteiger partial charge is 0.465 e. The van der Waals surface area contributed by atoms with Crippen LogP contribution in [0.4, 0.5) is 5.69 Å². The molecule has 0 bridgehead atoms. The number of anilines is 1. The molecule has 0 aliphatic carbocycles. The summed E-state index contributed by atoms with van der Waals surface area (Å²) >= 11 is 3.28. The molecule has 1 heterocycles. The number of hydrogen-bond donors (Lipinski definition) is 1. The number of rotatable bonds is 5. The van der Waals surface area contributed by atoms with Crippen LogP contribution in [0.5, 0.6) is 0 Å². The zero-order valence-corrected chi connectivity index (χ0v) is 15.4. The summed E-state index contributed by atoms with van der Waals surface area (Å²) in [7, 11) is 2.44. The van der Waals surface area contributed by atoms with Crippen LogP contribution in [0.2, 0.25) is 0 Å². The van der Waals surface area contributed by atoms with Crippen molar-refractivity contribution < 1.29 is 23.9 Å². The van der Waals surface area contributed by atoms with Crippen LogP contribution in [0.15, 0.2) is 28.9 Å². The minimum atomic E-state index is -0.641. The van der Waals surface area contributed by atoms with Crippen LogP contribution in [0.1, 0.15) is 38.1 Å². The second-order valence-electron chi connectivity index (χ2n) is 4.92. The molecule has 2 rings (SSSR count). The topological polar surface area (TPSA) is 99.5 Å². The number of benzene rings is 1. The minimum absolute atomic E-state index is 0.110. The van der Waals surface area contributed by atoms with Crippen LogP contribution in [-0.4, -0.2) is 41.8 Å². The standard InChI is InChI=1S/C16H16BrN3O5/c1-4-20-8-12(17)13(19-20)14(21)18-11-6-9(15(22)24-2)5-10(7-11)16(23)25-3/h5-8H,4H2,1-3H3,(H,18,21). The lowest BCUT2D eigenvalue weighted by Gasteiger charge is -2.09. The van der Waals surface area contributed by atoms with Crippen molar-refractivity contribution in [1.29, 1.82) is 0 Å². The first-order valence-electron chi connectivity index (χ1n) is 7.25. The molecule has 1 aromatic heterocycles. The van der Waals surface area contributed by atoms with E-state index in [-0.39, 0.29) is 22.5 Å². The molecule has 0 unspecified atom stereocenters. The molecule has 0 fully saturated rings. The summed E-state index contributed by atoms with van der Waals surface area (Å²) in [5.74, 6) is -1.77. The first-order chi connectivity index (χ1) is 11.9. The number of nitrogens with zero attached hydrogens (tertiary/aromatic N) is 2. The average molecular weight is 410 g/mol. The Morgan fingerprint density at radius 3 is 2.12 bits per heavy atom. The molecule has 1 aromatic carbocycles. The van der Waals surface area contributed by atoms with Gasteiger partial charge in [-0.25, -0.2) is 9.59 Å². The van der Waals surface area contributed by atoms with Gasteiger partial charge in [-0.3, -0.25) is 9.48 Å². The number of nitrogens with one attached hydrogen (secondary N) is 1. The molecule has 0 aliphatic rings. The monoisotopic (exact) mass is 409 g/mol. The number of carbonyl (C=O) groups is 3. The van der Waals surface area contributed by atoms with Crippen molar-refractivity contribution in [1.82, 2.24) is 9.78 Å². The van der Waals surface area contributed by atoms with Crippen molar-refractivity contribution in [2.75, 3.05) is 19.5 Å². The predicted octanol–water partition coefficient (Wildman–Crippen LogP) is 2.49. The number of aryl methyl sites for hydroxylation is 1. The molecule has 8 nitrogen and oxygen atoms in total. The maximum atomic E-state index is 12.4. The number of carbonyl (C=O) groups excluding carboxylic acids is 3. The molecule has 0 radical (unpaired) electrons. The first-order valence-corrected chi connectivity index (χ1v) is 8.04. The Labute approximate surface area is 152 Å². The quantitative estimate of drug-likeness (QED) is 0.761. The average Bonchev–Trinajstić information content (AvgIpc) is 3.01. The molecule has 0 saturated heterocycles. The molecule has 1 N–H and O–H groups in total. The maximum absolute atomic E-state index is 12.4. The van der Waals surface area contributed by atoms with Crippen LogP contribution in [0.25, 0.3) is 0 Å². The van der Waals surface area contributed by atoms with Gasteiger partial charge in [0, 0.05) is 18.4 Å². The van der Waals surface area contributed by atoms with Crippen molar-refractivity contribution in [3.63, 3.8) is 0 Å². The van der Waals surface area contributed by atoms with Gasteiger partial charge in [0.1, 0.15) is 0 Å². The van der Waals surface area contributed by atoms with E-state index in [2.05, 4.69) is 35.8 Å². The Morgan fingerprint density at radius 2 is 1.68 bits per heavy atom. The van der Waals surface area contributed by atoms with Crippen LogP contribution < -0.4 is 5.32 Å². The molecule has 0 aliphatic heterocycles. The molecule has 0 atom stereocenters. The number of amides is 1. The van der Waals surface area contributed by atoms with Gasteiger partial charge in [-0.2, -0.15) is 5.10 Å². The van der Waals surface area contributed by atoms with Crippen molar-refractivity contribution in [3.05, 3.63) is 45.7 Å². The van der Waals surface area contributed by atoms with Gasteiger partial charge >= 0.3 is 11.9 Å². The van der Waals surface area contributed by atoms with Gasteiger partial charge in [-0.1, -0.05) is 0 Å². The number of hydrogen-bond acceptors (Lipinski definition) is 6. The van der Waals surface area contributed by atoms with Gasteiger partial charge in [0.05, 0.1) is 29.8 Å². The van der Waals surface area contributed by atoms with Crippen LogP contribution in [0.3, 0.4) is 0 Å². The summed E-state index contributed by atoms with van der Waals surface area (Å²) in [6, 6.07) is 4.14. The minimum Gasteiger partial charge on any atom is -0.465 e. The zero-order chi connectivity index (χ0) is 18.6. The van der Waals surface area contributed by atoms with Crippen LogP contribution in [0, 0.1) is 0 Å². The van der Waals surface area contributed by atoms with Crippen LogP contribution >= 0.6 is 15.9 Å². The smallest absolute Gasteiger partial charge is 0.337 e. The van der Waals surface area contributed by atoms with Gasteiger partial charge < -0.3 is 14.8 Å². The van der Waals surface area contributed by atoms with E-state index >= 15 is 0 Å². The summed E-state index contributed by atoms with van der Waals surface area (Å²) < 4.78 is 11.5. The fourth-order valence-electron chi connectivity index (χ4n) is 2.07. The van der Waals surface area contributed by atoms with Gasteiger partial charge in [0.25, 0.3) is 5.91 Å². The van der Waals surface area contributed by atoms with Gasteiger partial charge in [-0.05, 0) is 41.1 Å². The Hall–Kier alpha value is -2.68. The van der Waals surface area contributed by atoms with E-state index in [0.717, 1.165) is 0 Å². The van der Waals surface area contributed by atoms with E-state index in [0.29, 0.717) is 11.0 Å². The van der Waals surface area contributed by atoms with Crippen LogP contribution in [-0.2, 0) is 16.0 Å². The third-order valence-corrected chi connectivity index (χ3v) is 3.87. The summed E-state index contributed by atoms with van der Waals surface area (Å²) in [6.45, 7) is 2.50. The highest BCUT2D eigenvalue weighted by Crippen LogP contribution is 2.20. The number of halogens is 1. The molecule has 9 heteroatoms. The zero-order valence-electron chi connectivity index (χ0n) is 13.8. The summed E-state index contributed by atoms with van der Waals surface area (Å²) in [5.41, 5.74) is 0.647. The Bertz CT molecular complexity index is 797. The third kappa shape index (κ3) is 4.24. The van der Waals surface area contributed by atoms with Gasteiger partial charge in [-0.15, -0.1) is 0 Å². The third-order valence-electron chi connectivity index (χ3n) is 3.29. The van der Waals surface area contributed by atoms with Crippen molar-refractivity contribution >= 4 is 39.5 Å². The first kappa shape index (κ1) is 18.7. The highest BCUT2D eigenvalue weighted by Gasteiger charge is 2.18. The van der Waals surface area contributed by atoms with E-state index in [1.807, 2.05) is 6.92 Å². The van der Waals surface area contributed by atoms with Crippen molar-refractivity contribution in [2.24, 2.45) is 0 Å². The summed E-state index contributed by atoms with van der Waals surface area (Å²) in [4.78, 5) is 36.0. The van der Waals surface area contributed by atoms with E-state index < -0.39 is 17.8 Å². The summed E-state index contributed by atoms with van der Waals surface area (Å²) in [6.07, 6.45) is 1.68. The molecular formula is C16H16BrN3O5. The molecular weight excluding hydrogens is 394 g/mol. The fourth-order valence-corrected chi connectivity index (χ4v) is 2.57. The highest BCUT2D eigenvalue weighted by atomic mass is 79.9. The number of methoxy groups -OCH3 is 2. The summed E-state index contributed by atoms with van der Waals surface area (Å²) in [5, 5.41) is 6.76. The normalized spacial score (nSPS) is 10.2. The van der Waals surface area contributed by atoms with Crippen molar-refractivity contribution in [2.45, 2.75) is 13.5 Å². The van der Waals surface area contributed by atoms with E-state index in [4.69, 9.17) is 0 Å². The molecule has 1 amide bonds. The van der Waals surface area contributed by atoms with Gasteiger partial charge in [0.15, 0.2) is 5.69 Å². The van der Waals surface area contributed by atoms with Crippen molar-refractivity contribution in [3.8, 4) is 0 Å². The molecule has 132 valence electrons. The second-order valence-corrected chi connectivity index (χ2v) is 5.77. The van der Waals surface area contributed by atoms with E-state index in [1.165, 1.54) is 32.4 Å². The molecule has 0 saturated carbocycles. The van der Waals surface area contributed by atoms with E-state index in [1.54, 1.807) is 10.9 Å². The Kier molecular flexibility index (Phi) is 5.92. The predicted molar refractivity (Wildman–Crippen MR) is 92.7 cm³/mol. The lowest BCUT2D eigenvalue weighted by atomic mass is 10.1. The number of esters is 2. The highest BCUT2D eigenvalue weighted by molar-refractivity contribution is 9.10. The molecule has 2 aromatic rings. The lowest BCUT2D eigenvalue weighted by Crippen LogP contribution is -2.15. The number of aromatic nitrogens is 2. The number of ether oxygens (including phenoxy) is 2. The fraction of sp³-hybridized carbons (Fsp3) is 0.250. The SMILES string of the molecule is CCn1cc(Br)c(C(=O)Nc2cc(C(=O)OC)cc(C(=O)OC)c2)n1. The van der Waals surface area contributed by atoms with E-state index in [9.17, 15) is 14.4 Å². The lowest BCUT2D eigenvalue weighted by molar-refractivity contribution is 0.0599. The van der Waals surface area contributed by atoms with Gasteiger partial charge in [0.2, 0.25) is 0 Å². The Balaban J connectivity index is 2.36.